The van der Waals surface area contributed by atoms with Crippen LogP contribution in [0.25, 0.3) is 0 Å². The zero-order valence-corrected chi connectivity index (χ0v) is 10.2. The number of rotatable bonds is 1. The van der Waals surface area contributed by atoms with Gasteiger partial charge in [0.05, 0.1) is 0 Å². The number of allylic oxidation sites excluding steroid dienone is 2. The third-order valence-electron chi connectivity index (χ3n) is 2.51. The summed E-state index contributed by atoms with van der Waals surface area (Å²) in [5, 5.41) is 0. The zero-order chi connectivity index (χ0) is 12.1. The summed E-state index contributed by atoms with van der Waals surface area (Å²) in [6.45, 7) is 7.67. The van der Waals surface area contributed by atoms with Gasteiger partial charge in [-0.1, -0.05) is 30.2 Å². The van der Waals surface area contributed by atoms with Crippen LogP contribution in [-0.2, 0) is 0 Å². The first-order valence-electron chi connectivity index (χ1n) is 5.31. The highest BCUT2D eigenvalue weighted by atomic mass is 16.1. The van der Waals surface area contributed by atoms with Crippen LogP contribution in [0.3, 0.4) is 0 Å². The Balaban J connectivity index is 3.10. The molecule has 1 nitrogen and oxygen atoms in total. The van der Waals surface area contributed by atoms with Gasteiger partial charge in [0.2, 0.25) is 5.78 Å². The van der Waals surface area contributed by atoms with Crippen LogP contribution in [0.5, 0.6) is 0 Å². The maximum absolute atomic E-state index is 11.9. The average Bonchev–Trinajstić information content (AvgIpc) is 2.25. The molecule has 0 aliphatic carbocycles. The quantitative estimate of drug-likeness (QED) is 0.396. The summed E-state index contributed by atoms with van der Waals surface area (Å²) >= 11 is 0. The van der Waals surface area contributed by atoms with Crippen molar-refractivity contribution in [3.8, 4) is 11.8 Å². The van der Waals surface area contributed by atoms with Crippen LogP contribution < -0.4 is 0 Å². The second-order valence-electron chi connectivity index (χ2n) is 3.82. The number of benzene rings is 1. The van der Waals surface area contributed by atoms with Crippen molar-refractivity contribution < 1.29 is 4.79 Å². The lowest BCUT2D eigenvalue weighted by Gasteiger charge is -2.03. The van der Waals surface area contributed by atoms with Gasteiger partial charge in [0.25, 0.3) is 0 Å². The Morgan fingerprint density at radius 1 is 1.19 bits per heavy atom. The van der Waals surface area contributed by atoms with Crippen LogP contribution in [-0.4, -0.2) is 5.78 Å². The molecule has 1 rings (SSSR count). The van der Waals surface area contributed by atoms with Gasteiger partial charge in [0.15, 0.2) is 0 Å². The highest BCUT2D eigenvalue weighted by Gasteiger charge is 2.08. The van der Waals surface area contributed by atoms with Gasteiger partial charge in [0, 0.05) is 5.56 Å². The van der Waals surface area contributed by atoms with Gasteiger partial charge in [-0.25, -0.2) is 0 Å². The summed E-state index contributed by atoms with van der Waals surface area (Å²) in [4.78, 5) is 11.9. The Kier molecular flexibility index (Phi) is 4.08. The lowest BCUT2D eigenvalue weighted by atomic mass is 9.99. The SMILES string of the molecule is C/C=C(\C)C#CC(=O)c1c(C)cccc1C. The lowest BCUT2D eigenvalue weighted by molar-refractivity contribution is 0.105. The number of carbonyl (C=O) groups is 1. The van der Waals surface area contributed by atoms with Crippen LogP contribution >= 0.6 is 0 Å². The predicted octanol–water partition coefficient (Wildman–Crippen LogP) is 3.46. The molecular formula is C15H16O. The van der Waals surface area contributed by atoms with Crippen molar-refractivity contribution in [2.75, 3.05) is 0 Å². The van der Waals surface area contributed by atoms with E-state index >= 15 is 0 Å². The van der Waals surface area contributed by atoms with E-state index in [1.165, 1.54) is 0 Å². The standard InChI is InChI=1S/C15H16O/c1-5-11(2)9-10-14(16)15-12(3)7-6-8-13(15)4/h5-8H,1-4H3/b11-5+. The van der Waals surface area contributed by atoms with E-state index in [9.17, 15) is 4.79 Å². The molecule has 0 amide bonds. The third-order valence-corrected chi connectivity index (χ3v) is 2.51. The highest BCUT2D eigenvalue weighted by Crippen LogP contribution is 2.13. The summed E-state index contributed by atoms with van der Waals surface area (Å²) in [6.07, 6.45) is 1.89. The number of Topliss-reactive ketones (excluding diaryl/α,β-unsaturated/α-hetero) is 1. The van der Waals surface area contributed by atoms with E-state index in [4.69, 9.17) is 0 Å². The fraction of sp³-hybridized carbons (Fsp3) is 0.267. The molecule has 0 bridgehead atoms. The van der Waals surface area contributed by atoms with Crippen LogP contribution in [0, 0.1) is 25.7 Å². The average molecular weight is 212 g/mol. The van der Waals surface area contributed by atoms with Gasteiger partial charge in [-0.05, 0) is 50.3 Å². The molecule has 0 saturated carbocycles. The van der Waals surface area contributed by atoms with Crippen molar-refractivity contribution in [2.45, 2.75) is 27.7 Å². The molecule has 0 atom stereocenters. The van der Waals surface area contributed by atoms with Gasteiger partial charge in [-0.2, -0.15) is 0 Å². The van der Waals surface area contributed by atoms with E-state index < -0.39 is 0 Å². The van der Waals surface area contributed by atoms with Crippen molar-refractivity contribution in [3.05, 3.63) is 46.5 Å². The molecule has 0 N–H and O–H groups in total. The zero-order valence-electron chi connectivity index (χ0n) is 10.2. The number of hydrogen-bond donors (Lipinski definition) is 0. The Bertz CT molecular complexity index is 476. The molecule has 0 radical (unpaired) electrons. The maximum Gasteiger partial charge on any atom is 0.236 e. The van der Waals surface area contributed by atoms with E-state index in [1.54, 1.807) is 0 Å². The topological polar surface area (TPSA) is 17.1 Å². The molecule has 0 spiro atoms. The fourth-order valence-electron chi connectivity index (χ4n) is 1.46. The molecule has 0 aliphatic rings. The van der Waals surface area contributed by atoms with Crippen LogP contribution in [0.1, 0.15) is 35.3 Å². The van der Waals surface area contributed by atoms with Gasteiger partial charge in [0.1, 0.15) is 0 Å². The molecule has 0 saturated heterocycles. The molecule has 0 fully saturated rings. The molecule has 0 unspecified atom stereocenters. The molecule has 1 aromatic rings. The Morgan fingerprint density at radius 2 is 1.75 bits per heavy atom. The van der Waals surface area contributed by atoms with Gasteiger partial charge >= 0.3 is 0 Å². The Labute approximate surface area is 97.2 Å². The molecular weight excluding hydrogens is 196 g/mol. The van der Waals surface area contributed by atoms with Crippen molar-refractivity contribution in [3.63, 3.8) is 0 Å². The fourth-order valence-corrected chi connectivity index (χ4v) is 1.46. The van der Waals surface area contributed by atoms with Crippen molar-refractivity contribution >= 4 is 5.78 Å². The highest BCUT2D eigenvalue weighted by molar-refractivity contribution is 6.11. The molecule has 1 heteroatoms. The smallest absolute Gasteiger partial charge is 0.236 e. The maximum atomic E-state index is 11.9. The number of carbonyl (C=O) groups excluding carboxylic acids is 1. The Hall–Kier alpha value is -1.81. The molecule has 82 valence electrons. The third kappa shape index (κ3) is 2.84. The van der Waals surface area contributed by atoms with E-state index in [0.29, 0.717) is 0 Å². The summed E-state index contributed by atoms with van der Waals surface area (Å²) in [5.41, 5.74) is 3.62. The number of ketones is 1. The lowest BCUT2D eigenvalue weighted by Crippen LogP contribution is -2.01. The monoisotopic (exact) mass is 212 g/mol. The number of aryl methyl sites for hydroxylation is 2. The van der Waals surface area contributed by atoms with Crippen molar-refractivity contribution in [1.29, 1.82) is 0 Å². The first kappa shape index (κ1) is 12.3. The largest absolute Gasteiger partial charge is 0.279 e. The summed E-state index contributed by atoms with van der Waals surface area (Å²) < 4.78 is 0. The molecule has 0 aromatic heterocycles. The van der Waals surface area contributed by atoms with Crippen LogP contribution in [0.4, 0.5) is 0 Å². The predicted molar refractivity (Wildman–Crippen MR) is 67.5 cm³/mol. The first-order valence-corrected chi connectivity index (χ1v) is 5.31. The molecule has 16 heavy (non-hydrogen) atoms. The Morgan fingerprint density at radius 3 is 2.25 bits per heavy atom. The molecule has 0 aliphatic heterocycles. The van der Waals surface area contributed by atoms with E-state index in [1.807, 2.05) is 52.0 Å². The van der Waals surface area contributed by atoms with E-state index in [0.717, 1.165) is 22.3 Å². The van der Waals surface area contributed by atoms with Gasteiger partial charge < -0.3 is 0 Å². The normalized spacial score (nSPS) is 10.6. The van der Waals surface area contributed by atoms with Crippen LogP contribution in [0.2, 0.25) is 0 Å². The summed E-state index contributed by atoms with van der Waals surface area (Å²) in [7, 11) is 0. The van der Waals surface area contributed by atoms with Gasteiger partial charge in [-0.3, -0.25) is 4.79 Å². The van der Waals surface area contributed by atoms with Crippen molar-refractivity contribution in [2.24, 2.45) is 0 Å². The minimum absolute atomic E-state index is 0.100. The van der Waals surface area contributed by atoms with E-state index in [-0.39, 0.29) is 5.78 Å². The summed E-state index contributed by atoms with van der Waals surface area (Å²) in [6, 6.07) is 5.82. The minimum atomic E-state index is -0.100. The first-order chi connectivity index (χ1) is 7.56. The second kappa shape index (κ2) is 5.32. The minimum Gasteiger partial charge on any atom is -0.279 e. The second-order valence-corrected chi connectivity index (χ2v) is 3.82. The molecule has 0 heterocycles. The van der Waals surface area contributed by atoms with E-state index in [2.05, 4.69) is 11.8 Å². The molecule has 1 aromatic carbocycles. The van der Waals surface area contributed by atoms with Crippen molar-refractivity contribution in [1.82, 2.24) is 0 Å². The number of hydrogen-bond acceptors (Lipinski definition) is 1. The summed E-state index contributed by atoms with van der Waals surface area (Å²) in [5.74, 6) is 5.42. The van der Waals surface area contributed by atoms with Gasteiger partial charge in [-0.15, -0.1) is 0 Å². The van der Waals surface area contributed by atoms with Crippen LogP contribution in [0.15, 0.2) is 29.8 Å².